The fourth-order valence-electron chi connectivity index (χ4n) is 1.47. The summed E-state index contributed by atoms with van der Waals surface area (Å²) >= 11 is 0. The first-order chi connectivity index (χ1) is 7.08. The number of ether oxygens (including phenoxy) is 1. The van der Waals surface area contributed by atoms with Crippen molar-refractivity contribution in [2.24, 2.45) is 0 Å². The number of H-pyrrole nitrogens is 1. The molecule has 0 aromatic carbocycles. The standard InChI is InChI=1S/C9H9FN2O3/c1-5-4-6(10)8(15-5)12-3-2-7(13)11-9(12)14/h2-3,6,8H,1,4H2,(H,11,13,14)/t6?,8-/m1/s1. The Morgan fingerprint density at radius 3 is 2.87 bits per heavy atom. The quantitative estimate of drug-likeness (QED) is 0.728. The van der Waals surface area contributed by atoms with Gasteiger partial charge in [0, 0.05) is 18.7 Å². The average Bonchev–Trinajstić information content (AvgIpc) is 2.45. The summed E-state index contributed by atoms with van der Waals surface area (Å²) in [4.78, 5) is 24.1. The number of alkyl halides is 1. The molecule has 1 fully saturated rings. The fraction of sp³-hybridized carbons (Fsp3) is 0.333. The molecule has 1 aromatic rings. The van der Waals surface area contributed by atoms with Gasteiger partial charge in [-0.1, -0.05) is 6.58 Å². The van der Waals surface area contributed by atoms with Gasteiger partial charge in [-0.25, -0.2) is 9.18 Å². The number of halogens is 1. The molecule has 1 saturated heterocycles. The minimum absolute atomic E-state index is 0.0657. The summed E-state index contributed by atoms with van der Waals surface area (Å²) in [6.07, 6.45) is -1.07. The molecule has 0 saturated carbocycles. The molecule has 0 aliphatic carbocycles. The summed E-state index contributed by atoms with van der Waals surface area (Å²) in [5.41, 5.74) is -1.21. The number of aromatic amines is 1. The van der Waals surface area contributed by atoms with Crippen LogP contribution in [0.15, 0.2) is 34.2 Å². The molecule has 1 aromatic heterocycles. The van der Waals surface area contributed by atoms with Crippen LogP contribution in [0.1, 0.15) is 12.6 Å². The monoisotopic (exact) mass is 212 g/mol. The van der Waals surface area contributed by atoms with Gasteiger partial charge in [-0.15, -0.1) is 0 Å². The van der Waals surface area contributed by atoms with E-state index < -0.39 is 23.6 Å². The topological polar surface area (TPSA) is 64.1 Å². The van der Waals surface area contributed by atoms with Crippen LogP contribution in [0.5, 0.6) is 0 Å². The van der Waals surface area contributed by atoms with Crippen molar-refractivity contribution in [2.75, 3.05) is 0 Å². The van der Waals surface area contributed by atoms with Crippen LogP contribution >= 0.6 is 0 Å². The Bertz CT molecular complexity index is 505. The van der Waals surface area contributed by atoms with Crippen molar-refractivity contribution in [3.05, 3.63) is 45.4 Å². The number of aromatic nitrogens is 2. The lowest BCUT2D eigenvalue weighted by Gasteiger charge is -2.14. The van der Waals surface area contributed by atoms with Gasteiger partial charge in [-0.3, -0.25) is 14.3 Å². The maximum absolute atomic E-state index is 13.4. The molecule has 1 unspecified atom stereocenters. The van der Waals surface area contributed by atoms with E-state index in [0.29, 0.717) is 5.76 Å². The number of rotatable bonds is 1. The number of hydrogen-bond acceptors (Lipinski definition) is 3. The molecule has 6 heteroatoms. The van der Waals surface area contributed by atoms with Gasteiger partial charge in [0.25, 0.3) is 5.56 Å². The molecule has 0 amide bonds. The zero-order valence-corrected chi connectivity index (χ0v) is 7.77. The van der Waals surface area contributed by atoms with Gasteiger partial charge in [-0.2, -0.15) is 0 Å². The molecular formula is C9H9FN2O3. The fourth-order valence-corrected chi connectivity index (χ4v) is 1.47. The van der Waals surface area contributed by atoms with E-state index in [-0.39, 0.29) is 6.42 Å². The van der Waals surface area contributed by atoms with Crippen LogP contribution in [-0.4, -0.2) is 15.7 Å². The number of nitrogens with one attached hydrogen (secondary N) is 1. The highest BCUT2D eigenvalue weighted by molar-refractivity contribution is 4.97. The number of allylic oxidation sites excluding steroid dienone is 1. The van der Waals surface area contributed by atoms with E-state index in [1.807, 2.05) is 4.98 Å². The molecule has 2 rings (SSSR count). The third kappa shape index (κ3) is 1.70. The van der Waals surface area contributed by atoms with Gasteiger partial charge in [0.15, 0.2) is 6.17 Å². The molecule has 5 nitrogen and oxygen atoms in total. The molecule has 0 radical (unpaired) electrons. The summed E-state index contributed by atoms with van der Waals surface area (Å²) in [6, 6.07) is 1.14. The molecule has 1 aliphatic heterocycles. The largest absolute Gasteiger partial charge is 0.472 e. The van der Waals surface area contributed by atoms with Gasteiger partial charge in [0.1, 0.15) is 0 Å². The molecule has 2 atom stereocenters. The lowest BCUT2D eigenvalue weighted by Crippen LogP contribution is -2.33. The maximum atomic E-state index is 13.4. The molecular weight excluding hydrogens is 203 g/mol. The summed E-state index contributed by atoms with van der Waals surface area (Å²) in [5.74, 6) is 0.297. The Balaban J connectivity index is 2.42. The van der Waals surface area contributed by atoms with Crippen LogP contribution < -0.4 is 11.2 Å². The second kappa shape index (κ2) is 3.38. The predicted octanol–water partition coefficient (Wildman–Crippen LogP) is 0.307. The summed E-state index contributed by atoms with van der Waals surface area (Å²) < 4.78 is 19.4. The summed E-state index contributed by atoms with van der Waals surface area (Å²) in [7, 11) is 0. The van der Waals surface area contributed by atoms with Crippen LogP contribution in [0.3, 0.4) is 0 Å². The van der Waals surface area contributed by atoms with Crippen LogP contribution in [0.4, 0.5) is 4.39 Å². The SMILES string of the molecule is C=C1CC(F)[C@H](n2ccc(=O)[nH]c2=O)O1. The van der Waals surface area contributed by atoms with Crippen LogP contribution in [0.2, 0.25) is 0 Å². The third-order valence-electron chi connectivity index (χ3n) is 2.14. The van der Waals surface area contributed by atoms with Crippen molar-refractivity contribution >= 4 is 0 Å². The van der Waals surface area contributed by atoms with E-state index in [9.17, 15) is 14.0 Å². The molecule has 0 spiro atoms. The van der Waals surface area contributed by atoms with Crippen molar-refractivity contribution in [3.8, 4) is 0 Å². The average molecular weight is 212 g/mol. The highest BCUT2D eigenvalue weighted by Gasteiger charge is 2.33. The summed E-state index contributed by atoms with van der Waals surface area (Å²) in [6.45, 7) is 3.48. The smallest absolute Gasteiger partial charge is 0.331 e. The second-order valence-corrected chi connectivity index (χ2v) is 3.28. The van der Waals surface area contributed by atoms with E-state index in [0.717, 1.165) is 10.6 Å². The Hall–Kier alpha value is -1.85. The second-order valence-electron chi connectivity index (χ2n) is 3.28. The van der Waals surface area contributed by atoms with Crippen molar-refractivity contribution < 1.29 is 9.13 Å². The van der Waals surface area contributed by atoms with Crippen molar-refractivity contribution in [3.63, 3.8) is 0 Å². The minimum atomic E-state index is -1.32. The highest BCUT2D eigenvalue weighted by atomic mass is 19.1. The molecule has 1 aliphatic rings. The first-order valence-electron chi connectivity index (χ1n) is 4.38. The van der Waals surface area contributed by atoms with Crippen molar-refractivity contribution in [2.45, 2.75) is 18.8 Å². The highest BCUT2D eigenvalue weighted by Crippen LogP contribution is 2.31. The molecule has 1 N–H and O–H groups in total. The summed E-state index contributed by atoms with van der Waals surface area (Å²) in [5, 5.41) is 0. The number of nitrogens with zero attached hydrogens (tertiary/aromatic N) is 1. The van der Waals surface area contributed by atoms with Crippen molar-refractivity contribution in [1.29, 1.82) is 0 Å². The number of hydrogen-bond donors (Lipinski definition) is 1. The normalized spacial score (nSPS) is 25.3. The van der Waals surface area contributed by atoms with Gasteiger partial charge in [0.2, 0.25) is 6.23 Å². The van der Waals surface area contributed by atoms with E-state index in [1.54, 1.807) is 0 Å². The lowest BCUT2D eigenvalue weighted by molar-refractivity contribution is 0.0450. The minimum Gasteiger partial charge on any atom is -0.472 e. The Labute approximate surface area is 83.8 Å². The Kier molecular flexibility index (Phi) is 2.18. The van der Waals surface area contributed by atoms with Gasteiger partial charge in [-0.05, 0) is 0 Å². The van der Waals surface area contributed by atoms with Gasteiger partial charge >= 0.3 is 5.69 Å². The predicted molar refractivity (Wildman–Crippen MR) is 50.1 cm³/mol. The Morgan fingerprint density at radius 2 is 2.33 bits per heavy atom. The van der Waals surface area contributed by atoms with Gasteiger partial charge in [0.05, 0.1) is 5.76 Å². The van der Waals surface area contributed by atoms with Crippen LogP contribution in [0.25, 0.3) is 0 Å². The zero-order chi connectivity index (χ0) is 11.0. The van der Waals surface area contributed by atoms with E-state index in [2.05, 4.69) is 6.58 Å². The Morgan fingerprint density at radius 1 is 1.60 bits per heavy atom. The molecule has 2 heterocycles. The van der Waals surface area contributed by atoms with Crippen molar-refractivity contribution in [1.82, 2.24) is 9.55 Å². The van der Waals surface area contributed by atoms with E-state index in [1.165, 1.54) is 6.20 Å². The maximum Gasteiger partial charge on any atom is 0.331 e. The molecule has 15 heavy (non-hydrogen) atoms. The van der Waals surface area contributed by atoms with Crippen LogP contribution in [-0.2, 0) is 4.74 Å². The molecule has 0 bridgehead atoms. The lowest BCUT2D eigenvalue weighted by atomic mass is 10.3. The first-order valence-corrected chi connectivity index (χ1v) is 4.38. The zero-order valence-electron chi connectivity index (χ0n) is 7.77. The van der Waals surface area contributed by atoms with Crippen LogP contribution in [0, 0.1) is 0 Å². The first kappa shape index (κ1) is 9.70. The third-order valence-corrected chi connectivity index (χ3v) is 2.14. The van der Waals surface area contributed by atoms with E-state index in [4.69, 9.17) is 4.74 Å². The van der Waals surface area contributed by atoms with E-state index >= 15 is 0 Å². The molecule has 80 valence electrons. The van der Waals surface area contributed by atoms with Gasteiger partial charge < -0.3 is 4.74 Å².